The molecule has 0 saturated carbocycles. The molecule has 5 N–H and O–H groups in total. The normalized spacial score (nSPS) is 28.1. The van der Waals surface area contributed by atoms with Gasteiger partial charge in [-0.2, -0.15) is 0 Å². The summed E-state index contributed by atoms with van der Waals surface area (Å²) >= 11 is 0. The minimum atomic E-state index is -1.68. The van der Waals surface area contributed by atoms with Crippen LogP contribution in [0, 0.1) is 29.6 Å². The smallest absolute Gasteiger partial charge is 0.329 e. The summed E-state index contributed by atoms with van der Waals surface area (Å²) in [5.74, 6) is -8.89. The van der Waals surface area contributed by atoms with E-state index in [4.69, 9.17) is 14.2 Å². The molecule has 20 nitrogen and oxygen atoms in total. The monoisotopic (exact) mass is 1040 g/mol. The number of carbonyl (C=O) groups is 9. The number of hydrogen-bond donors (Lipinski definition) is 5. The van der Waals surface area contributed by atoms with E-state index in [-0.39, 0.29) is 50.0 Å². The Morgan fingerprint density at radius 2 is 1.58 bits per heavy atom. The fourth-order valence-corrected chi connectivity index (χ4v) is 9.61. The number of carbonyl (C=O) groups excluding carboxylic acids is 9. The number of methoxy groups -OCH3 is 1. The maximum Gasteiger partial charge on any atom is 0.329 e. The van der Waals surface area contributed by atoms with Crippen molar-refractivity contribution in [2.45, 2.75) is 175 Å². The van der Waals surface area contributed by atoms with E-state index < -0.39 is 132 Å². The second-order valence-electron chi connectivity index (χ2n) is 21.4. The number of benzene rings is 1. The fourth-order valence-electron chi connectivity index (χ4n) is 9.61. The first kappa shape index (κ1) is 60.7. The number of nitrogens with zero attached hydrogens (tertiary/aromatic N) is 3. The third-order valence-corrected chi connectivity index (χ3v) is 14.4. The van der Waals surface area contributed by atoms with Crippen molar-refractivity contribution in [1.29, 1.82) is 0 Å². The van der Waals surface area contributed by atoms with Crippen molar-refractivity contribution in [2.75, 3.05) is 34.3 Å². The molecule has 0 radical (unpaired) electrons. The fraction of sp³-hybridized carbons (Fsp3) is 0.685. The molecule has 2 fully saturated rings. The van der Waals surface area contributed by atoms with Gasteiger partial charge in [-0.3, -0.25) is 43.7 Å². The van der Waals surface area contributed by atoms with Crippen molar-refractivity contribution in [3.05, 3.63) is 42.0 Å². The molecule has 1 unspecified atom stereocenters. The van der Waals surface area contributed by atoms with Crippen LogP contribution in [0.1, 0.15) is 113 Å². The zero-order valence-corrected chi connectivity index (χ0v) is 45.7. The summed E-state index contributed by atoms with van der Waals surface area (Å²) in [4.78, 5) is 133. The number of hydrogen-bond acceptors (Lipinski definition) is 14. The lowest BCUT2D eigenvalue weighted by Gasteiger charge is -2.36. The molecule has 3 heterocycles. The summed E-state index contributed by atoms with van der Waals surface area (Å²) in [6.45, 7) is 17.6. The number of fused-ring (bicyclic) bond motifs is 1. The Morgan fingerprint density at radius 1 is 0.919 bits per heavy atom. The number of amides is 6. The number of esters is 2. The number of Topliss-reactive ketones (excluding diaryl/α,β-unsaturated/α-hetero) is 1. The Bertz CT molecular complexity index is 2180. The highest BCUT2D eigenvalue weighted by atomic mass is 16.6. The first-order valence-corrected chi connectivity index (χ1v) is 26.2. The highest BCUT2D eigenvalue weighted by Gasteiger charge is 2.45. The van der Waals surface area contributed by atoms with E-state index in [1.54, 1.807) is 64.1 Å². The molecule has 6 amide bonds. The van der Waals surface area contributed by atoms with Gasteiger partial charge in [-0.05, 0) is 80.9 Å². The molecule has 20 heteroatoms. The van der Waals surface area contributed by atoms with Crippen molar-refractivity contribution < 1.29 is 62.5 Å². The van der Waals surface area contributed by atoms with E-state index in [1.807, 2.05) is 27.7 Å². The van der Waals surface area contributed by atoms with Crippen LogP contribution in [0.4, 0.5) is 0 Å². The minimum Gasteiger partial charge on any atom is -0.497 e. The molecule has 4 rings (SSSR count). The zero-order chi connectivity index (χ0) is 55.3. The van der Waals surface area contributed by atoms with E-state index in [0.717, 1.165) is 0 Å². The number of likely N-dealkylation sites (N-methyl/N-ethyl adjacent to an activating group) is 2. The molecule has 1 aromatic carbocycles. The van der Waals surface area contributed by atoms with E-state index in [0.29, 0.717) is 30.7 Å². The lowest BCUT2D eigenvalue weighted by atomic mass is 9.91. The Hall–Kier alpha value is -5.89. The van der Waals surface area contributed by atoms with Crippen molar-refractivity contribution in [1.82, 2.24) is 36.0 Å². The van der Waals surface area contributed by atoms with Gasteiger partial charge in [-0.25, -0.2) is 4.79 Å². The lowest BCUT2D eigenvalue weighted by Crippen LogP contribution is -2.62. The number of nitrogens with one attached hydrogen (secondary N) is 4. The van der Waals surface area contributed by atoms with Crippen LogP contribution in [0.5, 0.6) is 5.75 Å². The van der Waals surface area contributed by atoms with Crippen molar-refractivity contribution in [3.8, 4) is 5.75 Å². The number of ether oxygens (including phenoxy) is 3. The molecule has 3 aliphatic heterocycles. The van der Waals surface area contributed by atoms with Crippen LogP contribution in [0.15, 0.2) is 36.4 Å². The lowest BCUT2D eigenvalue weighted by molar-refractivity contribution is -0.163. The molecule has 1 aromatic rings. The van der Waals surface area contributed by atoms with Gasteiger partial charge in [0.1, 0.15) is 48.1 Å². The predicted molar refractivity (Wildman–Crippen MR) is 275 cm³/mol. The second kappa shape index (κ2) is 27.6. The third-order valence-electron chi connectivity index (χ3n) is 14.4. The third kappa shape index (κ3) is 15.8. The topological polar surface area (TPSA) is 259 Å². The zero-order valence-electron chi connectivity index (χ0n) is 45.7. The number of ketones is 1. The summed E-state index contributed by atoms with van der Waals surface area (Å²) in [7, 11) is 4.42. The number of aliphatic hydroxyl groups excluding tert-OH is 1. The van der Waals surface area contributed by atoms with Crippen LogP contribution in [0.25, 0.3) is 0 Å². The van der Waals surface area contributed by atoms with E-state index >= 15 is 0 Å². The molecule has 0 bridgehead atoms. The maximum absolute atomic E-state index is 14.9. The second-order valence-corrected chi connectivity index (χ2v) is 21.4. The number of aliphatic hydroxyl groups is 1. The first-order chi connectivity index (χ1) is 34.8. The molecule has 0 aliphatic carbocycles. The van der Waals surface area contributed by atoms with Gasteiger partial charge in [0.2, 0.25) is 35.4 Å². The Labute approximate surface area is 436 Å². The Balaban J connectivity index is 1.88. The van der Waals surface area contributed by atoms with Gasteiger partial charge in [0.05, 0.1) is 31.6 Å². The van der Waals surface area contributed by atoms with Gasteiger partial charge in [-0.15, -0.1) is 0 Å². The van der Waals surface area contributed by atoms with Gasteiger partial charge < -0.3 is 50.0 Å². The molecule has 74 heavy (non-hydrogen) atoms. The summed E-state index contributed by atoms with van der Waals surface area (Å²) in [6.07, 6.45) is -0.439. The highest BCUT2D eigenvalue weighted by Crippen LogP contribution is 2.26. The average molecular weight is 1040 g/mol. The summed E-state index contributed by atoms with van der Waals surface area (Å²) in [6, 6.07) is -1.43. The van der Waals surface area contributed by atoms with E-state index in [1.165, 1.54) is 49.8 Å². The molecular formula is C54H83N7O13. The van der Waals surface area contributed by atoms with Crippen LogP contribution in [0.3, 0.4) is 0 Å². The van der Waals surface area contributed by atoms with E-state index in [9.17, 15) is 48.3 Å². The summed E-state index contributed by atoms with van der Waals surface area (Å²) < 4.78 is 17.2. The molecule has 12 atom stereocenters. The first-order valence-electron chi connectivity index (χ1n) is 26.2. The van der Waals surface area contributed by atoms with Crippen LogP contribution in [-0.2, 0) is 59.0 Å². The van der Waals surface area contributed by atoms with Crippen molar-refractivity contribution in [2.24, 2.45) is 29.6 Å². The van der Waals surface area contributed by atoms with Crippen LogP contribution in [-0.4, -0.2) is 168 Å². The Kier molecular flexibility index (Phi) is 22.6. The van der Waals surface area contributed by atoms with Gasteiger partial charge in [0.25, 0.3) is 0 Å². The summed E-state index contributed by atoms with van der Waals surface area (Å²) in [5, 5.41) is 23.2. The number of cyclic esters (lactones) is 2. The van der Waals surface area contributed by atoms with Crippen LogP contribution in [0.2, 0.25) is 0 Å². The molecular weight excluding hydrogens is 955 g/mol. The largest absolute Gasteiger partial charge is 0.497 e. The number of rotatable bonds is 14. The quantitative estimate of drug-likeness (QED) is 0.102. The van der Waals surface area contributed by atoms with Gasteiger partial charge in [0.15, 0.2) is 11.9 Å². The van der Waals surface area contributed by atoms with Gasteiger partial charge >= 0.3 is 11.9 Å². The minimum absolute atomic E-state index is 0.0948. The van der Waals surface area contributed by atoms with Crippen molar-refractivity contribution >= 4 is 53.2 Å². The van der Waals surface area contributed by atoms with Crippen LogP contribution >= 0.6 is 0 Å². The maximum atomic E-state index is 14.9. The molecule has 3 aliphatic rings. The summed E-state index contributed by atoms with van der Waals surface area (Å²) in [5.41, 5.74) is 0.599. The van der Waals surface area contributed by atoms with Crippen LogP contribution < -0.4 is 26.0 Å². The Morgan fingerprint density at radius 3 is 2.15 bits per heavy atom. The van der Waals surface area contributed by atoms with Gasteiger partial charge in [-0.1, -0.05) is 86.1 Å². The molecule has 0 aromatic heterocycles. The van der Waals surface area contributed by atoms with Gasteiger partial charge in [0, 0.05) is 33.6 Å². The molecule has 412 valence electrons. The molecule has 2 saturated heterocycles. The van der Waals surface area contributed by atoms with Crippen molar-refractivity contribution in [3.63, 3.8) is 0 Å². The average Bonchev–Trinajstić information content (AvgIpc) is 4.09. The highest BCUT2D eigenvalue weighted by molar-refractivity contribution is 6.05. The SMILES string of the molecule is CC[C@H](C)[C@H]1NC(=O)[C@@H](NC(=O)[C@@H](CC(C)C)N(C)C(=O)C2C=CCN2)[C@@H](C)OC(=O)[C@H](Cc2ccc(OC)cc2)N(C)C(=O)[C@@H]2CCCN2C(=O)[C@H](CC(C)C)NC(=O)[C@@H](C)C(=O)[C@H](C(C)C)OC(=O)C[C@@H]1O. The predicted octanol–water partition coefficient (Wildman–Crippen LogP) is 2.47. The van der Waals surface area contributed by atoms with E-state index in [2.05, 4.69) is 21.3 Å². The standard InChI is InChI=1S/C54H83N7O13/c1-14-32(8)44-42(62)28-43(63)74-47(31(6)7)46(64)33(9)48(65)56-38(25-29(2)3)52(69)61-24-16-18-39(61)53(70)60(12)41(27-35-19-21-36(72-13)22-20-35)54(71)73-34(10)45(50(67)57-44)58-49(66)40(26-30(4)5)59(11)51(68)37-17-15-23-55-37/h15,17,19-22,29-34,37-42,44-45,47,55,62H,14,16,18,23-28H2,1-13H3,(H,56,65)(H,57,67)(H,58,66)/t32-,33-,34+,37?,38-,39-,40+,41-,42-,44+,45-,47-/m0/s1. The molecule has 0 spiro atoms.